The maximum Gasteiger partial charge on any atom is 0.230 e. The summed E-state index contributed by atoms with van der Waals surface area (Å²) in [5.74, 6) is 0.189. The summed E-state index contributed by atoms with van der Waals surface area (Å²) >= 11 is 1.69. The molecule has 2 N–H and O–H groups in total. The van der Waals surface area contributed by atoms with Crippen molar-refractivity contribution in [1.29, 1.82) is 0 Å². The lowest BCUT2D eigenvalue weighted by Gasteiger charge is -2.38. The highest BCUT2D eigenvalue weighted by Gasteiger charge is 2.41. The van der Waals surface area contributed by atoms with Crippen LogP contribution in [-0.4, -0.2) is 37.1 Å². The zero-order chi connectivity index (χ0) is 13.7. The van der Waals surface area contributed by atoms with E-state index in [1.54, 1.807) is 11.3 Å². The van der Waals surface area contributed by atoms with Gasteiger partial charge in [0.2, 0.25) is 5.91 Å². The highest BCUT2D eigenvalue weighted by atomic mass is 32.1. The monoisotopic (exact) mass is 282 g/mol. The maximum absolute atomic E-state index is 12.8. The van der Waals surface area contributed by atoms with E-state index in [1.165, 1.54) is 4.88 Å². The molecule has 2 rings (SSSR count). The number of carbonyl (C=O) groups is 1. The number of hydrogen-bond acceptors (Lipinski definition) is 4. The van der Waals surface area contributed by atoms with Crippen molar-refractivity contribution < 1.29 is 9.53 Å². The van der Waals surface area contributed by atoms with E-state index < -0.39 is 5.41 Å². The summed E-state index contributed by atoms with van der Waals surface area (Å²) in [6.45, 7) is 5.12. The number of ether oxygens (including phenoxy) is 1. The van der Waals surface area contributed by atoms with Crippen molar-refractivity contribution in [3.63, 3.8) is 0 Å². The van der Waals surface area contributed by atoms with Gasteiger partial charge in [-0.3, -0.25) is 4.79 Å². The molecule has 0 bridgehead atoms. The van der Waals surface area contributed by atoms with Crippen molar-refractivity contribution >= 4 is 17.2 Å². The van der Waals surface area contributed by atoms with Crippen LogP contribution in [0.25, 0.3) is 0 Å². The van der Waals surface area contributed by atoms with Crippen LogP contribution in [0.4, 0.5) is 0 Å². The van der Waals surface area contributed by atoms with Crippen LogP contribution in [0.5, 0.6) is 0 Å². The first-order valence-corrected chi connectivity index (χ1v) is 7.69. The summed E-state index contributed by atoms with van der Waals surface area (Å²) < 4.78 is 5.37. The Morgan fingerprint density at radius 2 is 2.26 bits per heavy atom. The van der Waals surface area contributed by atoms with Gasteiger partial charge in [0.05, 0.1) is 12.0 Å². The third kappa shape index (κ3) is 3.16. The highest BCUT2D eigenvalue weighted by Crippen LogP contribution is 2.32. The van der Waals surface area contributed by atoms with Crippen LogP contribution in [0.3, 0.4) is 0 Å². The van der Waals surface area contributed by atoms with Gasteiger partial charge in [0.1, 0.15) is 0 Å². The lowest BCUT2D eigenvalue weighted by molar-refractivity contribution is -0.147. The molecule has 1 aromatic heterocycles. The quantitative estimate of drug-likeness (QED) is 0.896. The van der Waals surface area contributed by atoms with Gasteiger partial charge in [-0.15, -0.1) is 11.3 Å². The summed E-state index contributed by atoms with van der Waals surface area (Å²) in [4.78, 5) is 15.9. The summed E-state index contributed by atoms with van der Waals surface area (Å²) in [5, 5.41) is 2.04. The van der Waals surface area contributed by atoms with E-state index in [1.807, 2.05) is 23.3 Å². The van der Waals surface area contributed by atoms with Crippen molar-refractivity contribution in [2.24, 2.45) is 11.1 Å². The molecular weight excluding hydrogens is 260 g/mol. The van der Waals surface area contributed by atoms with Gasteiger partial charge in [0.15, 0.2) is 0 Å². The summed E-state index contributed by atoms with van der Waals surface area (Å²) in [6, 6.07) is 4.09. The maximum atomic E-state index is 12.8. The normalized spacial score (nSPS) is 18.2. The van der Waals surface area contributed by atoms with Crippen molar-refractivity contribution in [2.45, 2.75) is 26.3 Å². The molecule has 0 unspecified atom stereocenters. The summed E-state index contributed by atoms with van der Waals surface area (Å²) in [6.07, 6.45) is 1.48. The van der Waals surface area contributed by atoms with Gasteiger partial charge in [-0.25, -0.2) is 0 Å². The number of hydrogen-bond donors (Lipinski definition) is 1. The smallest absolute Gasteiger partial charge is 0.230 e. The van der Waals surface area contributed by atoms with E-state index in [0.29, 0.717) is 26.3 Å². The minimum atomic E-state index is -0.411. The van der Waals surface area contributed by atoms with Crippen molar-refractivity contribution in [3.8, 4) is 0 Å². The highest BCUT2D eigenvalue weighted by molar-refractivity contribution is 7.09. The molecule has 2 heterocycles. The summed E-state index contributed by atoms with van der Waals surface area (Å²) in [5.41, 5.74) is 5.49. The third-order valence-electron chi connectivity index (χ3n) is 3.89. The fourth-order valence-corrected chi connectivity index (χ4v) is 3.24. The van der Waals surface area contributed by atoms with Crippen molar-refractivity contribution in [2.75, 3.05) is 26.3 Å². The molecule has 0 saturated carbocycles. The Morgan fingerprint density at radius 1 is 1.53 bits per heavy atom. The second-order valence-corrected chi connectivity index (χ2v) is 6.03. The minimum absolute atomic E-state index is 0.189. The van der Waals surface area contributed by atoms with Gasteiger partial charge in [-0.2, -0.15) is 0 Å². The van der Waals surface area contributed by atoms with Crippen LogP contribution in [0.1, 0.15) is 24.6 Å². The lowest BCUT2D eigenvalue weighted by atomic mass is 9.79. The van der Waals surface area contributed by atoms with Crippen molar-refractivity contribution in [1.82, 2.24) is 4.90 Å². The average molecular weight is 282 g/mol. The first kappa shape index (κ1) is 14.5. The molecule has 5 heteroatoms. The zero-order valence-electron chi connectivity index (χ0n) is 11.4. The molecule has 106 valence electrons. The van der Waals surface area contributed by atoms with Crippen molar-refractivity contribution in [3.05, 3.63) is 22.4 Å². The number of nitrogens with two attached hydrogens (primary N) is 1. The lowest BCUT2D eigenvalue weighted by Crippen LogP contribution is -2.50. The molecule has 1 aliphatic heterocycles. The predicted octanol–water partition coefficient (Wildman–Crippen LogP) is 1.85. The minimum Gasteiger partial charge on any atom is -0.381 e. The van der Waals surface area contributed by atoms with Crippen LogP contribution in [0, 0.1) is 5.41 Å². The fourth-order valence-electron chi connectivity index (χ4n) is 2.52. The molecule has 0 atom stereocenters. The largest absolute Gasteiger partial charge is 0.381 e. The first-order chi connectivity index (χ1) is 9.22. The number of rotatable bonds is 5. The Hall–Kier alpha value is -0.910. The second kappa shape index (κ2) is 6.50. The summed E-state index contributed by atoms with van der Waals surface area (Å²) in [7, 11) is 0. The van der Waals surface area contributed by atoms with Crippen LogP contribution in [0.2, 0.25) is 0 Å². The number of carbonyl (C=O) groups excluding carboxylic acids is 1. The van der Waals surface area contributed by atoms with Crippen LogP contribution in [-0.2, 0) is 16.1 Å². The van der Waals surface area contributed by atoms with Gasteiger partial charge in [-0.1, -0.05) is 6.07 Å². The van der Waals surface area contributed by atoms with E-state index in [4.69, 9.17) is 10.5 Å². The van der Waals surface area contributed by atoms with Crippen LogP contribution >= 0.6 is 11.3 Å². The van der Waals surface area contributed by atoms with Gasteiger partial charge in [0, 0.05) is 31.2 Å². The average Bonchev–Trinajstić information content (AvgIpc) is 2.97. The Morgan fingerprint density at radius 3 is 2.79 bits per heavy atom. The van der Waals surface area contributed by atoms with Gasteiger partial charge in [-0.05, 0) is 31.2 Å². The number of nitrogens with zero attached hydrogens (tertiary/aromatic N) is 1. The zero-order valence-corrected chi connectivity index (χ0v) is 12.2. The van der Waals surface area contributed by atoms with Crippen LogP contribution < -0.4 is 5.73 Å². The Labute approximate surface area is 118 Å². The molecule has 1 amide bonds. The predicted molar refractivity (Wildman–Crippen MR) is 77.0 cm³/mol. The molecule has 0 aromatic carbocycles. The molecule has 1 fully saturated rings. The second-order valence-electron chi connectivity index (χ2n) is 5.00. The molecule has 1 aromatic rings. The molecule has 19 heavy (non-hydrogen) atoms. The topological polar surface area (TPSA) is 55.6 Å². The van der Waals surface area contributed by atoms with E-state index in [2.05, 4.69) is 6.07 Å². The molecule has 0 aliphatic carbocycles. The Kier molecular flexibility index (Phi) is 4.96. The van der Waals surface area contributed by atoms with E-state index in [-0.39, 0.29) is 5.91 Å². The molecule has 1 aliphatic rings. The van der Waals surface area contributed by atoms with Gasteiger partial charge in [0.25, 0.3) is 0 Å². The third-order valence-corrected chi connectivity index (χ3v) is 4.75. The standard InChI is InChI=1S/C14H22N2O2S/c1-2-16(10-12-4-3-9-19-12)13(17)14(11-15)5-7-18-8-6-14/h3-4,9H,2,5-8,10-11,15H2,1H3. The first-order valence-electron chi connectivity index (χ1n) is 6.81. The Balaban J connectivity index is 2.10. The fraction of sp³-hybridized carbons (Fsp3) is 0.643. The molecule has 4 nitrogen and oxygen atoms in total. The van der Waals surface area contributed by atoms with Gasteiger partial charge < -0.3 is 15.4 Å². The van der Waals surface area contributed by atoms with E-state index in [9.17, 15) is 4.79 Å². The molecule has 1 saturated heterocycles. The number of thiophene rings is 1. The molecule has 0 spiro atoms. The molecule has 0 radical (unpaired) electrons. The van der Waals surface area contributed by atoms with E-state index in [0.717, 1.165) is 19.4 Å². The van der Waals surface area contributed by atoms with E-state index >= 15 is 0 Å². The van der Waals surface area contributed by atoms with Gasteiger partial charge >= 0.3 is 0 Å². The number of amides is 1. The molecular formula is C14H22N2O2S. The SMILES string of the molecule is CCN(Cc1cccs1)C(=O)C1(CN)CCOCC1. The Bertz CT molecular complexity index is 400. The van der Waals surface area contributed by atoms with Crippen LogP contribution in [0.15, 0.2) is 17.5 Å².